The number of nitriles is 1. The van der Waals surface area contributed by atoms with Crippen LogP contribution in [0.3, 0.4) is 0 Å². The van der Waals surface area contributed by atoms with E-state index < -0.39 is 5.97 Å². The number of nitrogens with zero attached hydrogens (tertiary/aromatic N) is 2. The predicted octanol–water partition coefficient (Wildman–Crippen LogP) is 3.98. The quantitative estimate of drug-likeness (QED) is 0.564. The molecule has 0 saturated heterocycles. The van der Waals surface area contributed by atoms with Crippen LogP contribution in [0.5, 0.6) is 11.5 Å². The largest absolute Gasteiger partial charge is 0.493 e. The van der Waals surface area contributed by atoms with Gasteiger partial charge in [0.15, 0.2) is 11.5 Å². The lowest BCUT2D eigenvalue weighted by atomic mass is 10.1. The number of benzene rings is 2. The fraction of sp³-hybridized carbons (Fsp3) is 0.190. The third-order valence-electron chi connectivity index (χ3n) is 4.03. The van der Waals surface area contributed by atoms with Gasteiger partial charge in [-0.05, 0) is 24.3 Å². The van der Waals surface area contributed by atoms with Crippen molar-refractivity contribution >= 4 is 17.3 Å². The van der Waals surface area contributed by atoms with Gasteiger partial charge in [-0.1, -0.05) is 18.2 Å². The molecule has 0 spiro atoms. The highest BCUT2D eigenvalue weighted by Crippen LogP contribution is 2.33. The van der Waals surface area contributed by atoms with Crippen LogP contribution in [0.25, 0.3) is 10.6 Å². The van der Waals surface area contributed by atoms with Crippen LogP contribution in [0.1, 0.15) is 16.8 Å². The Labute approximate surface area is 166 Å². The van der Waals surface area contributed by atoms with E-state index in [0.717, 1.165) is 10.6 Å². The van der Waals surface area contributed by atoms with Crippen molar-refractivity contribution < 1.29 is 19.0 Å². The van der Waals surface area contributed by atoms with E-state index in [0.29, 0.717) is 28.3 Å². The number of carbonyl (C=O) groups excluding carboxylic acids is 1. The van der Waals surface area contributed by atoms with Crippen molar-refractivity contribution in [3.63, 3.8) is 0 Å². The molecule has 0 aliphatic heterocycles. The summed E-state index contributed by atoms with van der Waals surface area (Å²) < 4.78 is 15.9. The van der Waals surface area contributed by atoms with E-state index >= 15 is 0 Å². The molecular weight excluding hydrogens is 376 g/mol. The van der Waals surface area contributed by atoms with Crippen LogP contribution in [0, 0.1) is 11.3 Å². The van der Waals surface area contributed by atoms with Crippen molar-refractivity contribution in [1.29, 1.82) is 5.26 Å². The number of hydrogen-bond donors (Lipinski definition) is 0. The first kappa shape index (κ1) is 19.4. The SMILES string of the molecule is COc1ccc(-c2nc(CC(=O)OCc3ccccc3C#N)cs2)cc1OC. The Morgan fingerprint density at radius 2 is 1.93 bits per heavy atom. The van der Waals surface area contributed by atoms with E-state index in [1.165, 1.54) is 11.3 Å². The van der Waals surface area contributed by atoms with Crippen molar-refractivity contribution in [2.24, 2.45) is 0 Å². The molecule has 0 aliphatic rings. The monoisotopic (exact) mass is 394 g/mol. The fourth-order valence-corrected chi connectivity index (χ4v) is 3.42. The summed E-state index contributed by atoms with van der Waals surface area (Å²) in [5, 5.41) is 11.7. The minimum Gasteiger partial charge on any atom is -0.493 e. The normalized spacial score (nSPS) is 10.2. The molecule has 28 heavy (non-hydrogen) atoms. The Morgan fingerprint density at radius 3 is 2.68 bits per heavy atom. The van der Waals surface area contributed by atoms with Gasteiger partial charge in [-0.2, -0.15) is 5.26 Å². The highest BCUT2D eigenvalue weighted by atomic mass is 32.1. The molecule has 1 aromatic heterocycles. The number of ether oxygens (including phenoxy) is 3. The Bertz CT molecular complexity index is 1020. The van der Waals surface area contributed by atoms with E-state index in [4.69, 9.17) is 19.5 Å². The molecule has 0 N–H and O–H groups in total. The average Bonchev–Trinajstić information content (AvgIpc) is 3.20. The maximum absolute atomic E-state index is 12.1. The van der Waals surface area contributed by atoms with Crippen LogP contribution in [0.4, 0.5) is 0 Å². The molecule has 0 atom stereocenters. The molecule has 3 aromatic rings. The molecule has 0 unspecified atom stereocenters. The first-order valence-corrected chi connectivity index (χ1v) is 9.33. The average molecular weight is 394 g/mol. The van der Waals surface area contributed by atoms with Crippen LogP contribution < -0.4 is 9.47 Å². The molecule has 142 valence electrons. The summed E-state index contributed by atoms with van der Waals surface area (Å²) in [5.41, 5.74) is 2.70. The van der Waals surface area contributed by atoms with Gasteiger partial charge in [-0.3, -0.25) is 4.79 Å². The summed E-state index contributed by atoms with van der Waals surface area (Å²) in [6.45, 7) is 0.0647. The van der Waals surface area contributed by atoms with E-state index in [1.807, 2.05) is 23.6 Å². The van der Waals surface area contributed by atoms with Gasteiger partial charge in [0.05, 0.1) is 38.0 Å². The van der Waals surface area contributed by atoms with Gasteiger partial charge in [0, 0.05) is 16.5 Å². The molecule has 1 heterocycles. The van der Waals surface area contributed by atoms with Crippen LogP contribution in [-0.2, 0) is 22.6 Å². The fourth-order valence-electron chi connectivity index (χ4n) is 2.60. The molecular formula is C21H18N2O4S. The Kier molecular flexibility index (Phi) is 6.25. The van der Waals surface area contributed by atoms with Gasteiger partial charge in [0.1, 0.15) is 11.6 Å². The summed E-state index contributed by atoms with van der Waals surface area (Å²) in [5.74, 6) is 0.869. The van der Waals surface area contributed by atoms with Crippen LogP contribution in [-0.4, -0.2) is 25.2 Å². The van der Waals surface area contributed by atoms with Crippen molar-refractivity contribution in [2.75, 3.05) is 14.2 Å². The van der Waals surface area contributed by atoms with E-state index in [1.54, 1.807) is 38.5 Å². The van der Waals surface area contributed by atoms with Crippen LogP contribution in [0.15, 0.2) is 47.8 Å². The maximum Gasteiger partial charge on any atom is 0.312 e. The zero-order valence-corrected chi connectivity index (χ0v) is 16.3. The first-order valence-electron chi connectivity index (χ1n) is 8.45. The lowest BCUT2D eigenvalue weighted by Crippen LogP contribution is -2.09. The molecule has 0 bridgehead atoms. The van der Waals surface area contributed by atoms with Gasteiger partial charge < -0.3 is 14.2 Å². The van der Waals surface area contributed by atoms with E-state index in [9.17, 15) is 4.79 Å². The minimum atomic E-state index is -0.392. The summed E-state index contributed by atoms with van der Waals surface area (Å²) in [6.07, 6.45) is 0.0680. The molecule has 0 saturated carbocycles. The Balaban J connectivity index is 1.64. The summed E-state index contributed by atoms with van der Waals surface area (Å²) in [4.78, 5) is 16.6. The molecule has 0 radical (unpaired) electrons. The second kappa shape index (κ2) is 9.02. The zero-order valence-electron chi connectivity index (χ0n) is 15.5. The number of esters is 1. The molecule has 0 amide bonds. The minimum absolute atomic E-state index is 0.0647. The number of aromatic nitrogens is 1. The highest BCUT2D eigenvalue weighted by molar-refractivity contribution is 7.13. The van der Waals surface area contributed by atoms with Crippen molar-refractivity contribution in [2.45, 2.75) is 13.0 Å². The molecule has 0 fully saturated rings. The summed E-state index contributed by atoms with van der Waals surface area (Å²) in [7, 11) is 3.16. The summed E-state index contributed by atoms with van der Waals surface area (Å²) >= 11 is 1.44. The number of thiazole rings is 1. The second-order valence-electron chi connectivity index (χ2n) is 5.82. The van der Waals surface area contributed by atoms with Crippen molar-refractivity contribution in [3.8, 4) is 28.1 Å². The number of methoxy groups -OCH3 is 2. The highest BCUT2D eigenvalue weighted by Gasteiger charge is 2.13. The zero-order chi connectivity index (χ0) is 19.9. The van der Waals surface area contributed by atoms with E-state index in [-0.39, 0.29) is 13.0 Å². The predicted molar refractivity (Wildman–Crippen MR) is 105 cm³/mol. The third-order valence-corrected chi connectivity index (χ3v) is 4.97. The number of hydrogen-bond acceptors (Lipinski definition) is 7. The molecule has 3 rings (SSSR count). The van der Waals surface area contributed by atoms with Crippen molar-refractivity contribution in [1.82, 2.24) is 4.98 Å². The van der Waals surface area contributed by atoms with Gasteiger partial charge >= 0.3 is 5.97 Å². The summed E-state index contributed by atoms with van der Waals surface area (Å²) in [6, 6.07) is 14.7. The molecule has 7 heteroatoms. The Morgan fingerprint density at radius 1 is 1.14 bits per heavy atom. The number of rotatable bonds is 7. The van der Waals surface area contributed by atoms with Gasteiger partial charge in [0.25, 0.3) is 0 Å². The smallest absolute Gasteiger partial charge is 0.312 e. The topological polar surface area (TPSA) is 81.4 Å². The molecule has 6 nitrogen and oxygen atoms in total. The first-order chi connectivity index (χ1) is 13.6. The molecule has 0 aliphatic carbocycles. The lowest BCUT2D eigenvalue weighted by Gasteiger charge is -2.08. The van der Waals surface area contributed by atoms with Gasteiger partial charge in [-0.25, -0.2) is 4.98 Å². The van der Waals surface area contributed by atoms with Gasteiger partial charge in [-0.15, -0.1) is 11.3 Å². The standard InChI is InChI=1S/C21H18N2O4S/c1-25-18-8-7-14(9-19(18)26-2)21-23-17(13-28-21)10-20(24)27-12-16-6-4-3-5-15(16)11-22/h3-9,13H,10,12H2,1-2H3. The Hall–Kier alpha value is -3.37. The third kappa shape index (κ3) is 4.48. The second-order valence-corrected chi connectivity index (χ2v) is 6.68. The lowest BCUT2D eigenvalue weighted by molar-refractivity contribution is -0.144. The van der Waals surface area contributed by atoms with E-state index in [2.05, 4.69) is 11.1 Å². The maximum atomic E-state index is 12.1. The van der Waals surface area contributed by atoms with Crippen LogP contribution in [0.2, 0.25) is 0 Å². The van der Waals surface area contributed by atoms with Gasteiger partial charge in [0.2, 0.25) is 0 Å². The van der Waals surface area contributed by atoms with Crippen molar-refractivity contribution in [3.05, 3.63) is 64.7 Å². The molecule has 2 aromatic carbocycles. The number of carbonyl (C=O) groups is 1. The van der Waals surface area contributed by atoms with Crippen LogP contribution >= 0.6 is 11.3 Å².